The predicted octanol–water partition coefficient (Wildman–Crippen LogP) is 3.84. The van der Waals surface area contributed by atoms with E-state index in [4.69, 9.17) is 72.6 Å². The second-order valence-corrected chi connectivity index (χ2v) is 33.4. The first-order valence-electron chi connectivity index (χ1n) is 40.0. The molecule has 8 heterocycles. The first-order valence-corrected chi connectivity index (χ1v) is 40.7. The second kappa shape index (κ2) is 37.5. The molecule has 7 aromatic rings. The molecule has 11 bridgehead atoms. The number of aliphatic hydroxyl groups is 6. The Balaban J connectivity index is 1.02. The number of carboxylic acids is 1. The van der Waals surface area contributed by atoms with Crippen LogP contribution in [0, 0.1) is 5.92 Å². The van der Waals surface area contributed by atoms with Gasteiger partial charge in [0, 0.05) is 53.2 Å². The summed E-state index contributed by atoms with van der Waals surface area (Å²) in [5, 5.41) is 137. The molecule has 15 rings (SSSR count). The van der Waals surface area contributed by atoms with E-state index < -0.39 is 261 Å². The van der Waals surface area contributed by atoms with Crippen LogP contribution in [-0.4, -0.2) is 215 Å². The van der Waals surface area contributed by atoms with Crippen LogP contribution < -0.4 is 68.2 Å². The monoisotopic (exact) mass is 1760 g/mol. The van der Waals surface area contributed by atoms with Crippen LogP contribution in [0.5, 0.6) is 46.0 Å². The van der Waals surface area contributed by atoms with Crippen LogP contribution in [0.3, 0.4) is 0 Å². The largest absolute Gasteiger partial charge is 0.508 e. The molecule has 3 saturated heterocycles. The molecule has 3 fully saturated rings. The number of phenols is 3. The summed E-state index contributed by atoms with van der Waals surface area (Å²) in [6.45, 7) is 9.12. The van der Waals surface area contributed by atoms with Crippen molar-refractivity contribution >= 4 is 70.5 Å². The van der Waals surface area contributed by atoms with E-state index in [2.05, 4.69) is 42.5 Å². The van der Waals surface area contributed by atoms with Gasteiger partial charge in [0.05, 0.1) is 53.5 Å². The number of halogens is 2. The van der Waals surface area contributed by atoms with E-state index in [1.165, 1.54) is 51.2 Å². The summed E-state index contributed by atoms with van der Waals surface area (Å²) >= 11 is 14.7. The molecule has 0 aliphatic carbocycles. The van der Waals surface area contributed by atoms with Gasteiger partial charge in [-0.1, -0.05) is 110 Å². The summed E-state index contributed by atoms with van der Waals surface area (Å²) in [7, 11) is 1.48. The summed E-state index contributed by atoms with van der Waals surface area (Å²) in [5.41, 5.74) is 9.79. The third-order valence-corrected chi connectivity index (χ3v) is 23.4. The number of likely N-dealkylation sites (N-methyl/N-ethyl adjacent to an activating group) is 1. The minimum Gasteiger partial charge on any atom is -0.508 e. The van der Waals surface area contributed by atoms with E-state index in [1.807, 2.05) is 68.4 Å². The van der Waals surface area contributed by atoms with Crippen molar-refractivity contribution in [2.45, 2.75) is 207 Å². The number of carboxylic acid groups (broad SMARTS) is 1. The van der Waals surface area contributed by atoms with Crippen molar-refractivity contribution in [3.8, 4) is 68.2 Å². The van der Waals surface area contributed by atoms with Gasteiger partial charge in [-0.15, -0.1) is 0 Å². The number of hydrogen-bond donors (Lipinski definition) is 20. The fourth-order valence-electron chi connectivity index (χ4n) is 16.2. The number of carbonyl (C=O) groups is 8. The Hall–Kier alpha value is -10.9. The zero-order valence-corrected chi connectivity index (χ0v) is 69.5. The van der Waals surface area contributed by atoms with Crippen LogP contribution >= 0.6 is 23.2 Å². The highest BCUT2D eigenvalue weighted by atomic mass is 35.5. The number of hydrogen-bond acceptors (Lipinski definition) is 28. The summed E-state index contributed by atoms with van der Waals surface area (Å²) in [6, 6.07) is 17.1. The van der Waals surface area contributed by atoms with E-state index in [-0.39, 0.29) is 59.2 Å². The molecule has 124 heavy (non-hydrogen) atoms. The van der Waals surface area contributed by atoms with Gasteiger partial charge in [-0.05, 0) is 141 Å². The maximum absolute atomic E-state index is 16.6. The van der Waals surface area contributed by atoms with Gasteiger partial charge in [-0.2, -0.15) is 0 Å². The van der Waals surface area contributed by atoms with E-state index in [0.29, 0.717) is 0 Å². The topological polar surface area (TPSA) is 561 Å². The number of carbonyl (C=O) groups excluding carboxylic acids is 7. The normalized spacial score (nSPS) is 29.9. The highest BCUT2D eigenvalue weighted by Crippen LogP contribution is 2.51. The van der Waals surface area contributed by atoms with Gasteiger partial charge in [-0.3, -0.25) is 33.6 Å². The lowest BCUT2D eigenvalue weighted by molar-refractivity contribution is -0.334. The van der Waals surface area contributed by atoms with Crippen molar-refractivity contribution in [2.75, 3.05) is 13.7 Å². The zero-order valence-electron chi connectivity index (χ0n) is 68.0. The molecule has 22 atom stereocenters. The van der Waals surface area contributed by atoms with Crippen molar-refractivity contribution in [1.29, 1.82) is 0 Å². The van der Waals surface area contributed by atoms with Gasteiger partial charge >= 0.3 is 5.97 Å². The van der Waals surface area contributed by atoms with Crippen molar-refractivity contribution in [2.24, 2.45) is 17.4 Å². The second-order valence-electron chi connectivity index (χ2n) is 32.6. The quantitative estimate of drug-likeness (QED) is 0.0547. The summed E-state index contributed by atoms with van der Waals surface area (Å²) in [4.78, 5) is 121. The average Bonchev–Trinajstić information content (AvgIpc) is 0.769. The number of aliphatic carboxylic acids is 1. The molecular weight excluding hydrogens is 1660 g/mol. The Morgan fingerprint density at radius 2 is 1.24 bits per heavy atom. The lowest BCUT2D eigenvalue weighted by Gasteiger charge is -2.48. The van der Waals surface area contributed by atoms with Gasteiger partial charge < -0.3 is 143 Å². The third-order valence-electron chi connectivity index (χ3n) is 22.9. The smallest absolute Gasteiger partial charge is 0.330 e. The molecule has 36 nitrogen and oxygen atoms in total. The number of nitrogens with one attached hydrogen (secondary N) is 8. The molecular formula is C86H98Cl2N10O26. The van der Waals surface area contributed by atoms with E-state index in [0.717, 1.165) is 65.2 Å². The Labute approximate surface area is 720 Å². The molecule has 0 spiro atoms. The maximum atomic E-state index is 16.6. The number of fused-ring (bicyclic) bond motifs is 15. The summed E-state index contributed by atoms with van der Waals surface area (Å²) < 4.78 is 52.9. The SMILES string of the molecule is CN[C@H](CC(C)C)C(=O)NC1C(=O)N[C@@H](CC(N)=O)C(=O)N[C@H]2C(=O)N[C@H]3C(=O)N[C@H](C(=O)N[C@H](C(=O)O)c4cc(O)cc(O)c4-c4cc3ccc4O)[C@H](OC3C[C@](C)(N)[C@@H](O)[C@H](C)O3)c3ccc(c(Cl)c3)Oc3cc2cc(c3O[C@H]2O[C@H](CO)[C@@H](O)[C@H](O)[C@H]2OC2C[C@](C)(NCc3ccc(-c4ccccc4)cc3)[C@@H](O)[C@H](C)O2)Oc2ccc(cc2Cl)[C@H]1O. The van der Waals surface area contributed by atoms with E-state index in [1.54, 1.807) is 13.8 Å². The van der Waals surface area contributed by atoms with Crippen molar-refractivity contribution in [3.05, 3.63) is 177 Å². The number of rotatable bonds is 19. The van der Waals surface area contributed by atoms with Gasteiger partial charge in [0.25, 0.3) is 0 Å². The highest BCUT2D eigenvalue weighted by Gasteiger charge is 2.53. The molecule has 7 aromatic carbocycles. The third kappa shape index (κ3) is 19.6. The number of aliphatic hydroxyl groups excluding tert-OH is 6. The predicted molar refractivity (Wildman–Crippen MR) is 440 cm³/mol. The van der Waals surface area contributed by atoms with Crippen LogP contribution in [0.2, 0.25) is 10.0 Å². The number of nitrogens with two attached hydrogens (primary N) is 2. The Morgan fingerprint density at radius 3 is 1.86 bits per heavy atom. The lowest BCUT2D eigenvalue weighted by atomic mass is 9.84. The molecule has 662 valence electrons. The zero-order chi connectivity index (χ0) is 89.4. The molecule has 3 unspecified atom stereocenters. The van der Waals surface area contributed by atoms with Gasteiger partial charge in [0.2, 0.25) is 53.4 Å². The molecule has 7 amide bonds. The Kier molecular flexibility index (Phi) is 27.5. The highest BCUT2D eigenvalue weighted by molar-refractivity contribution is 6.32. The number of benzene rings is 7. The van der Waals surface area contributed by atoms with Crippen molar-refractivity contribution < 1.29 is 127 Å². The number of aromatic hydroxyl groups is 3. The molecule has 0 saturated carbocycles. The van der Waals surface area contributed by atoms with Crippen molar-refractivity contribution in [1.82, 2.24) is 42.5 Å². The standard InChI is InChI=1S/C86H98Cl2N10O26/c1-36(2)23-51(91-7)77(109)97-67-69(104)43-18-21-55(49(87)25-43)119-57-27-45-28-58(73(57)124-84-74(71(106)70(105)59(35-99)121-84)123-62-33-86(6,76(108)38(4)118-62)92-34-39-13-15-41(16-14-39)40-11-9-8-10-12-40)120-56-22-19-44(26-50(56)88)72(122-61-32-85(5,90)75(107)37(3)117-61)68-82(114)96-66(83(115)116)48-29-46(100)30-54(102)63(48)47-24-42(17-20-53(47)101)64(79(111)98-68)95-80(112)65(45)94-78(110)52(31-60(89)103)93-81(67)113/h8-22,24-30,36-38,51-52,59,61-62,64-72,74-76,84,91-92,99-102,104-108H,23,31-35,90H2,1-7H3,(H2,89,103)(H,93,113)(H,94,110)(H,95,112)(H,96,114)(H,97,109)(H,98,111)(H,115,116)/t37-,38-,51+,52-,59+,61?,62?,64+,65+,66-,67?,68-,69+,70+,71-,72+,74+,75-,76-,84+,85-,86-/m0/s1. The number of amides is 7. The number of phenolic OH excluding ortho intramolecular Hbond substituents is 3. The average molecular weight is 1760 g/mol. The molecule has 8 aliphatic heterocycles. The molecule has 0 radical (unpaired) electrons. The van der Waals surface area contributed by atoms with Crippen LogP contribution in [0.4, 0.5) is 0 Å². The molecule has 38 heteroatoms. The number of ether oxygens (including phenoxy) is 8. The first-order chi connectivity index (χ1) is 58.8. The van der Waals surface area contributed by atoms with Crippen molar-refractivity contribution in [3.63, 3.8) is 0 Å². The van der Waals surface area contributed by atoms with E-state index >= 15 is 24.0 Å². The van der Waals surface area contributed by atoms with Gasteiger partial charge in [0.1, 0.15) is 89.5 Å². The van der Waals surface area contributed by atoms with E-state index in [9.17, 15) is 65.4 Å². The fraction of sp³-hybridized carbons (Fsp3) is 0.419. The van der Waals surface area contributed by atoms with Gasteiger partial charge in [-0.25, -0.2) is 4.79 Å². The lowest BCUT2D eigenvalue weighted by Crippen LogP contribution is -2.65. The maximum Gasteiger partial charge on any atom is 0.330 e. The van der Waals surface area contributed by atoms with Crippen LogP contribution in [0.25, 0.3) is 22.3 Å². The van der Waals surface area contributed by atoms with Crippen LogP contribution in [0.1, 0.15) is 131 Å². The summed E-state index contributed by atoms with van der Waals surface area (Å²) in [5.74, 6) is -16.1. The fourth-order valence-corrected chi connectivity index (χ4v) is 16.6. The Bertz CT molecular complexity index is 5190. The minimum atomic E-state index is -2.39. The summed E-state index contributed by atoms with van der Waals surface area (Å²) in [6.07, 6.45) is -22.8. The van der Waals surface area contributed by atoms with Gasteiger partial charge in [0.15, 0.2) is 36.2 Å². The van der Waals surface area contributed by atoms with Crippen LogP contribution in [-0.2, 0) is 68.6 Å². The Morgan fingerprint density at radius 1 is 0.637 bits per heavy atom. The minimum absolute atomic E-state index is 0.117. The number of primary amides is 1. The molecule has 0 aromatic heterocycles. The molecule has 8 aliphatic rings. The first kappa shape index (κ1) is 90.8. The molecule has 22 N–H and O–H groups in total. The van der Waals surface area contributed by atoms with Crippen LogP contribution in [0.15, 0.2) is 133 Å².